The molecule has 0 unspecified atom stereocenters. The summed E-state index contributed by atoms with van der Waals surface area (Å²) < 4.78 is 5.91. The zero-order chi connectivity index (χ0) is 13.8. The van der Waals surface area contributed by atoms with Gasteiger partial charge in [0.1, 0.15) is 5.75 Å². The topological polar surface area (TPSA) is 9.23 Å². The average molecular weight is 378 g/mol. The third-order valence-electron chi connectivity index (χ3n) is 2.85. The highest BCUT2D eigenvalue weighted by Crippen LogP contribution is 2.34. The van der Waals surface area contributed by atoms with Crippen LogP contribution < -0.4 is 4.74 Å². The van der Waals surface area contributed by atoms with Crippen molar-refractivity contribution in [2.24, 2.45) is 0 Å². The molecule has 3 heteroatoms. The van der Waals surface area contributed by atoms with E-state index in [9.17, 15) is 0 Å². The summed E-state index contributed by atoms with van der Waals surface area (Å²) in [5, 5.41) is 1.66. The van der Waals surface area contributed by atoms with Crippen molar-refractivity contribution < 1.29 is 4.74 Å². The van der Waals surface area contributed by atoms with Crippen molar-refractivity contribution in [2.45, 2.75) is 50.2 Å². The molecule has 1 aromatic rings. The van der Waals surface area contributed by atoms with Gasteiger partial charge in [0.05, 0.1) is 6.61 Å². The van der Waals surface area contributed by atoms with Crippen LogP contribution in [-0.4, -0.2) is 6.61 Å². The Morgan fingerprint density at radius 1 is 1.06 bits per heavy atom. The van der Waals surface area contributed by atoms with Crippen molar-refractivity contribution >= 4 is 31.9 Å². The molecule has 1 aromatic carbocycles. The molecule has 0 N–H and O–H groups in total. The third-order valence-corrected chi connectivity index (χ3v) is 4.06. The number of rotatable bonds is 5. The largest absolute Gasteiger partial charge is 0.493 e. The van der Waals surface area contributed by atoms with E-state index in [1.54, 1.807) is 0 Å². The summed E-state index contributed by atoms with van der Waals surface area (Å²) in [6.45, 7) is 9.63. The lowest BCUT2D eigenvalue weighted by Crippen LogP contribution is -2.13. The second-order valence-corrected chi connectivity index (χ2v) is 6.61. The van der Waals surface area contributed by atoms with Crippen molar-refractivity contribution in [1.29, 1.82) is 0 Å². The van der Waals surface area contributed by atoms with E-state index in [-0.39, 0.29) is 5.41 Å². The van der Waals surface area contributed by atoms with Gasteiger partial charge in [-0.15, -0.1) is 0 Å². The van der Waals surface area contributed by atoms with Crippen molar-refractivity contribution in [3.63, 3.8) is 0 Å². The standard InChI is InChI=1S/C15H22Br2O/c1-5-6-18-14-11(9-16)7-13(15(2,3)4)8-12(14)10-17/h7-8H,5-6,9-10H2,1-4H3. The van der Waals surface area contributed by atoms with Crippen molar-refractivity contribution in [2.75, 3.05) is 6.61 Å². The number of hydrogen-bond donors (Lipinski definition) is 0. The molecule has 0 saturated heterocycles. The Balaban J connectivity index is 3.25. The van der Waals surface area contributed by atoms with E-state index in [4.69, 9.17) is 4.74 Å². The number of benzene rings is 1. The first-order chi connectivity index (χ1) is 8.43. The number of hydrogen-bond acceptors (Lipinski definition) is 1. The molecule has 0 aliphatic heterocycles. The summed E-state index contributed by atoms with van der Waals surface area (Å²) in [6, 6.07) is 4.51. The van der Waals surface area contributed by atoms with Crippen molar-refractivity contribution in [3.05, 3.63) is 28.8 Å². The molecule has 0 bridgehead atoms. The minimum absolute atomic E-state index is 0.164. The minimum atomic E-state index is 0.164. The normalized spacial score (nSPS) is 11.7. The summed E-state index contributed by atoms with van der Waals surface area (Å²) in [7, 11) is 0. The maximum absolute atomic E-state index is 5.91. The summed E-state index contributed by atoms with van der Waals surface area (Å²) >= 11 is 7.14. The van der Waals surface area contributed by atoms with E-state index in [0.717, 1.165) is 29.4 Å². The van der Waals surface area contributed by atoms with Gasteiger partial charge < -0.3 is 4.74 Å². The summed E-state index contributed by atoms with van der Waals surface area (Å²) in [5.41, 5.74) is 4.00. The highest BCUT2D eigenvalue weighted by molar-refractivity contribution is 9.08. The summed E-state index contributed by atoms with van der Waals surface area (Å²) in [4.78, 5) is 0. The Labute approximate surface area is 128 Å². The first-order valence-electron chi connectivity index (χ1n) is 6.35. The molecule has 1 rings (SSSR count). The predicted octanol–water partition coefficient (Wildman–Crippen LogP) is 5.56. The van der Waals surface area contributed by atoms with E-state index < -0.39 is 0 Å². The average Bonchev–Trinajstić information content (AvgIpc) is 2.33. The molecule has 0 spiro atoms. The fraction of sp³-hybridized carbons (Fsp3) is 0.600. The Morgan fingerprint density at radius 2 is 1.56 bits per heavy atom. The van der Waals surface area contributed by atoms with Crippen LogP contribution in [0.3, 0.4) is 0 Å². The van der Waals surface area contributed by atoms with Crippen LogP contribution in [0.15, 0.2) is 12.1 Å². The molecule has 18 heavy (non-hydrogen) atoms. The first-order valence-corrected chi connectivity index (χ1v) is 8.59. The van der Waals surface area contributed by atoms with Crippen LogP contribution in [0.4, 0.5) is 0 Å². The van der Waals surface area contributed by atoms with Gasteiger partial charge in [0.2, 0.25) is 0 Å². The lowest BCUT2D eigenvalue weighted by Gasteiger charge is -2.23. The summed E-state index contributed by atoms with van der Waals surface area (Å²) in [5.74, 6) is 1.04. The van der Waals surface area contributed by atoms with Gasteiger partial charge in [0.25, 0.3) is 0 Å². The molecule has 0 aromatic heterocycles. The molecule has 0 aliphatic carbocycles. The van der Waals surface area contributed by atoms with E-state index >= 15 is 0 Å². The second kappa shape index (κ2) is 6.95. The molecule has 0 radical (unpaired) electrons. The van der Waals surface area contributed by atoms with E-state index in [0.29, 0.717) is 0 Å². The zero-order valence-corrected chi connectivity index (χ0v) is 14.8. The molecule has 0 saturated carbocycles. The van der Waals surface area contributed by atoms with Gasteiger partial charge in [-0.2, -0.15) is 0 Å². The number of alkyl halides is 2. The van der Waals surface area contributed by atoms with Crippen molar-refractivity contribution in [3.8, 4) is 5.75 Å². The van der Waals surface area contributed by atoms with Gasteiger partial charge in [0.15, 0.2) is 0 Å². The van der Waals surface area contributed by atoms with Gasteiger partial charge in [-0.1, -0.05) is 71.7 Å². The maximum Gasteiger partial charge on any atom is 0.127 e. The quantitative estimate of drug-likeness (QED) is 0.610. The molecular weight excluding hydrogens is 356 g/mol. The van der Waals surface area contributed by atoms with Crippen LogP contribution in [0.2, 0.25) is 0 Å². The fourth-order valence-corrected chi connectivity index (χ4v) is 2.61. The van der Waals surface area contributed by atoms with Gasteiger partial charge in [0, 0.05) is 21.8 Å². The molecule has 102 valence electrons. The third kappa shape index (κ3) is 3.99. The number of halogens is 2. The van der Waals surface area contributed by atoms with Gasteiger partial charge in [-0.05, 0) is 17.4 Å². The van der Waals surface area contributed by atoms with Gasteiger partial charge >= 0.3 is 0 Å². The molecule has 0 heterocycles. The SMILES string of the molecule is CCCOc1c(CBr)cc(C(C)(C)C)cc1CBr. The molecule has 0 atom stereocenters. The molecule has 0 fully saturated rings. The van der Waals surface area contributed by atoms with Crippen LogP contribution in [0.5, 0.6) is 5.75 Å². The fourth-order valence-electron chi connectivity index (χ4n) is 1.78. The molecular formula is C15H22Br2O. The highest BCUT2D eigenvalue weighted by atomic mass is 79.9. The Hall–Kier alpha value is -0.0200. The van der Waals surface area contributed by atoms with Crippen LogP contribution in [0.25, 0.3) is 0 Å². The smallest absolute Gasteiger partial charge is 0.127 e. The molecule has 0 aliphatic rings. The van der Waals surface area contributed by atoms with Gasteiger partial charge in [-0.3, -0.25) is 0 Å². The van der Waals surface area contributed by atoms with E-state index in [2.05, 4.69) is 71.7 Å². The molecule has 0 amide bonds. The lowest BCUT2D eigenvalue weighted by molar-refractivity contribution is 0.312. The zero-order valence-electron chi connectivity index (χ0n) is 11.6. The van der Waals surface area contributed by atoms with Crippen LogP contribution in [-0.2, 0) is 16.1 Å². The van der Waals surface area contributed by atoms with E-state index in [1.807, 2.05) is 0 Å². The maximum atomic E-state index is 5.91. The molecule has 1 nitrogen and oxygen atoms in total. The first kappa shape index (κ1) is 16.0. The lowest BCUT2D eigenvalue weighted by atomic mass is 9.85. The second-order valence-electron chi connectivity index (χ2n) is 5.49. The highest BCUT2D eigenvalue weighted by Gasteiger charge is 2.18. The Bertz CT molecular complexity index is 369. The van der Waals surface area contributed by atoms with Crippen molar-refractivity contribution in [1.82, 2.24) is 0 Å². The van der Waals surface area contributed by atoms with Crippen LogP contribution in [0.1, 0.15) is 50.8 Å². The monoisotopic (exact) mass is 376 g/mol. The minimum Gasteiger partial charge on any atom is -0.493 e. The predicted molar refractivity (Wildman–Crippen MR) is 86.2 cm³/mol. The summed E-state index contributed by atoms with van der Waals surface area (Å²) in [6.07, 6.45) is 1.03. The van der Waals surface area contributed by atoms with Gasteiger partial charge in [-0.25, -0.2) is 0 Å². The van der Waals surface area contributed by atoms with Crippen LogP contribution >= 0.6 is 31.9 Å². The van der Waals surface area contributed by atoms with E-state index in [1.165, 1.54) is 16.7 Å². The number of ether oxygens (including phenoxy) is 1. The Kier molecular flexibility index (Phi) is 6.19. The Morgan fingerprint density at radius 3 is 1.89 bits per heavy atom. The van der Waals surface area contributed by atoms with Crippen LogP contribution in [0, 0.1) is 0 Å².